The van der Waals surface area contributed by atoms with E-state index < -0.39 is 0 Å². The fraction of sp³-hybridized carbons (Fsp3) is 0.148. The number of rotatable bonds is 4. The van der Waals surface area contributed by atoms with Crippen molar-refractivity contribution < 1.29 is 4.79 Å². The molecule has 33 heavy (non-hydrogen) atoms. The van der Waals surface area contributed by atoms with E-state index in [9.17, 15) is 4.79 Å². The number of piperazine rings is 1. The van der Waals surface area contributed by atoms with Gasteiger partial charge in [0.25, 0.3) is 5.91 Å². The Hall–Kier alpha value is -3.70. The second kappa shape index (κ2) is 9.43. The highest BCUT2D eigenvalue weighted by molar-refractivity contribution is 6.30. The minimum atomic E-state index is 0.0680. The van der Waals surface area contributed by atoms with E-state index in [0.29, 0.717) is 18.1 Å². The first-order valence-corrected chi connectivity index (χ1v) is 11.3. The molecule has 0 bridgehead atoms. The molecule has 0 atom stereocenters. The topological polar surface area (TPSA) is 49.3 Å². The molecule has 3 aromatic carbocycles. The number of hydrogen-bond donors (Lipinski definition) is 0. The van der Waals surface area contributed by atoms with Crippen LogP contribution in [0.4, 0.5) is 5.82 Å². The van der Waals surface area contributed by atoms with Crippen LogP contribution < -0.4 is 4.90 Å². The van der Waals surface area contributed by atoms with Crippen LogP contribution in [0.5, 0.6) is 0 Å². The van der Waals surface area contributed by atoms with Gasteiger partial charge in [0.2, 0.25) is 0 Å². The molecule has 6 heteroatoms. The Morgan fingerprint density at radius 3 is 1.94 bits per heavy atom. The van der Waals surface area contributed by atoms with Crippen LogP contribution in [-0.4, -0.2) is 47.2 Å². The zero-order valence-corrected chi connectivity index (χ0v) is 18.8. The van der Waals surface area contributed by atoms with Gasteiger partial charge in [-0.05, 0) is 47.5 Å². The summed E-state index contributed by atoms with van der Waals surface area (Å²) in [5.41, 5.74) is 4.76. The van der Waals surface area contributed by atoms with Gasteiger partial charge in [-0.3, -0.25) is 4.79 Å². The van der Waals surface area contributed by atoms with E-state index in [4.69, 9.17) is 11.6 Å². The maximum absolute atomic E-state index is 13.0. The van der Waals surface area contributed by atoms with E-state index in [1.165, 1.54) is 0 Å². The number of aromatic nitrogens is 2. The third kappa shape index (κ3) is 4.73. The molecule has 0 radical (unpaired) electrons. The highest BCUT2D eigenvalue weighted by atomic mass is 35.5. The molecule has 1 saturated heterocycles. The number of carbonyl (C=O) groups is 1. The second-order valence-electron chi connectivity index (χ2n) is 8.01. The first-order chi connectivity index (χ1) is 16.2. The molecule has 1 amide bonds. The van der Waals surface area contributed by atoms with Crippen LogP contribution in [0.1, 0.15) is 10.4 Å². The van der Waals surface area contributed by atoms with Crippen molar-refractivity contribution in [2.45, 2.75) is 0 Å². The summed E-state index contributed by atoms with van der Waals surface area (Å²) in [6.07, 6.45) is 0. The minimum absolute atomic E-state index is 0.0680. The highest BCUT2D eigenvalue weighted by Gasteiger charge is 2.23. The Bertz CT molecular complexity index is 1220. The van der Waals surface area contributed by atoms with Crippen LogP contribution in [0.25, 0.3) is 22.4 Å². The van der Waals surface area contributed by atoms with Crippen molar-refractivity contribution >= 4 is 23.3 Å². The normalized spacial score (nSPS) is 13.7. The van der Waals surface area contributed by atoms with Gasteiger partial charge < -0.3 is 9.80 Å². The molecular formula is C27H23ClN4O. The third-order valence-corrected chi connectivity index (χ3v) is 6.17. The standard InChI is InChI=1S/C27H23ClN4O/c28-24-12-10-22(11-13-24)25-14-15-26(30-29-25)31-16-18-32(19-17-31)27(33)23-8-6-21(7-9-23)20-4-2-1-3-5-20/h1-15H,16-19H2. The van der Waals surface area contributed by atoms with Gasteiger partial charge in [0, 0.05) is 42.3 Å². The maximum Gasteiger partial charge on any atom is 0.253 e. The smallest absolute Gasteiger partial charge is 0.253 e. The lowest BCUT2D eigenvalue weighted by Gasteiger charge is -2.35. The monoisotopic (exact) mass is 454 g/mol. The summed E-state index contributed by atoms with van der Waals surface area (Å²) in [6, 6.07) is 29.5. The van der Waals surface area contributed by atoms with Gasteiger partial charge in [0.15, 0.2) is 5.82 Å². The van der Waals surface area contributed by atoms with Crippen molar-refractivity contribution in [2.75, 3.05) is 31.1 Å². The second-order valence-corrected chi connectivity index (χ2v) is 8.44. The Kier molecular flexibility index (Phi) is 6.05. The predicted molar refractivity (Wildman–Crippen MR) is 132 cm³/mol. The van der Waals surface area contributed by atoms with Crippen LogP contribution in [0.3, 0.4) is 0 Å². The van der Waals surface area contributed by atoms with E-state index in [0.717, 1.165) is 46.9 Å². The zero-order valence-electron chi connectivity index (χ0n) is 18.1. The molecule has 0 aliphatic carbocycles. The van der Waals surface area contributed by atoms with Gasteiger partial charge in [0.05, 0.1) is 5.69 Å². The quantitative estimate of drug-likeness (QED) is 0.412. The summed E-state index contributed by atoms with van der Waals surface area (Å²) >= 11 is 5.96. The number of carbonyl (C=O) groups excluding carboxylic acids is 1. The molecular weight excluding hydrogens is 432 g/mol. The third-order valence-electron chi connectivity index (χ3n) is 5.92. The van der Waals surface area contributed by atoms with E-state index in [1.54, 1.807) is 0 Å². The highest BCUT2D eigenvalue weighted by Crippen LogP contribution is 2.23. The Labute approximate surface area is 198 Å². The van der Waals surface area contributed by atoms with E-state index in [2.05, 4.69) is 27.2 Å². The lowest BCUT2D eigenvalue weighted by atomic mass is 10.0. The van der Waals surface area contributed by atoms with E-state index in [1.807, 2.05) is 83.8 Å². The lowest BCUT2D eigenvalue weighted by molar-refractivity contribution is 0.0746. The van der Waals surface area contributed by atoms with Crippen molar-refractivity contribution in [3.63, 3.8) is 0 Å². The van der Waals surface area contributed by atoms with Crippen molar-refractivity contribution in [1.82, 2.24) is 15.1 Å². The lowest BCUT2D eigenvalue weighted by Crippen LogP contribution is -2.49. The molecule has 1 aliphatic heterocycles. The largest absolute Gasteiger partial charge is 0.352 e. The van der Waals surface area contributed by atoms with Gasteiger partial charge in [-0.2, -0.15) is 0 Å². The van der Waals surface area contributed by atoms with Crippen LogP contribution in [-0.2, 0) is 0 Å². The zero-order chi connectivity index (χ0) is 22.6. The fourth-order valence-corrected chi connectivity index (χ4v) is 4.15. The number of nitrogens with zero attached hydrogens (tertiary/aromatic N) is 4. The molecule has 1 aromatic heterocycles. The minimum Gasteiger partial charge on any atom is -0.352 e. The van der Waals surface area contributed by atoms with Gasteiger partial charge >= 0.3 is 0 Å². The molecule has 0 unspecified atom stereocenters. The first kappa shape index (κ1) is 21.2. The molecule has 5 nitrogen and oxygen atoms in total. The molecule has 4 aromatic rings. The summed E-state index contributed by atoms with van der Waals surface area (Å²) in [7, 11) is 0. The first-order valence-electron chi connectivity index (χ1n) is 11.0. The van der Waals surface area contributed by atoms with Crippen molar-refractivity contribution in [2.24, 2.45) is 0 Å². The van der Waals surface area contributed by atoms with Crippen LogP contribution in [0.2, 0.25) is 5.02 Å². The average Bonchev–Trinajstić information content (AvgIpc) is 2.90. The van der Waals surface area contributed by atoms with E-state index in [-0.39, 0.29) is 5.91 Å². The number of benzene rings is 3. The molecule has 1 fully saturated rings. The Balaban J connectivity index is 1.20. The summed E-state index contributed by atoms with van der Waals surface area (Å²) < 4.78 is 0. The molecule has 1 aliphatic rings. The van der Waals surface area contributed by atoms with Crippen LogP contribution in [0.15, 0.2) is 91.0 Å². The fourth-order valence-electron chi connectivity index (χ4n) is 4.03. The SMILES string of the molecule is O=C(c1ccc(-c2ccccc2)cc1)N1CCN(c2ccc(-c3ccc(Cl)cc3)nn2)CC1. The number of halogens is 1. The predicted octanol–water partition coefficient (Wildman–Crippen LogP) is 5.43. The summed E-state index contributed by atoms with van der Waals surface area (Å²) in [5.74, 6) is 0.894. The van der Waals surface area contributed by atoms with Crippen LogP contribution in [0, 0.1) is 0 Å². The number of anilines is 1. The van der Waals surface area contributed by atoms with Gasteiger partial charge in [0.1, 0.15) is 0 Å². The average molecular weight is 455 g/mol. The maximum atomic E-state index is 13.0. The number of amides is 1. The van der Waals surface area contributed by atoms with Gasteiger partial charge in [-0.1, -0.05) is 66.2 Å². The molecule has 164 valence electrons. The van der Waals surface area contributed by atoms with Gasteiger partial charge in [-0.25, -0.2) is 0 Å². The number of hydrogen-bond acceptors (Lipinski definition) is 4. The Morgan fingerprint density at radius 1 is 0.667 bits per heavy atom. The summed E-state index contributed by atoms with van der Waals surface area (Å²) in [6.45, 7) is 2.76. The van der Waals surface area contributed by atoms with E-state index >= 15 is 0 Å². The van der Waals surface area contributed by atoms with Gasteiger partial charge in [-0.15, -0.1) is 10.2 Å². The van der Waals surface area contributed by atoms with Crippen LogP contribution >= 0.6 is 11.6 Å². The Morgan fingerprint density at radius 2 is 1.30 bits per heavy atom. The summed E-state index contributed by atoms with van der Waals surface area (Å²) in [4.78, 5) is 17.1. The molecule has 5 rings (SSSR count). The summed E-state index contributed by atoms with van der Waals surface area (Å²) in [5, 5.41) is 9.48. The van der Waals surface area contributed by atoms with Crippen molar-refractivity contribution in [3.8, 4) is 22.4 Å². The molecule has 2 heterocycles. The van der Waals surface area contributed by atoms with Crippen molar-refractivity contribution in [1.29, 1.82) is 0 Å². The molecule has 0 saturated carbocycles. The molecule has 0 spiro atoms. The van der Waals surface area contributed by atoms with Crippen molar-refractivity contribution in [3.05, 3.63) is 102 Å². The molecule has 0 N–H and O–H groups in total.